The molecule has 0 spiro atoms. The van der Waals surface area contributed by atoms with Gasteiger partial charge in [-0.3, -0.25) is 4.79 Å². The van der Waals surface area contributed by atoms with E-state index in [1.165, 1.54) is 10.7 Å². The molecule has 3 rings (SSSR count). The predicted molar refractivity (Wildman–Crippen MR) is 132 cm³/mol. The smallest absolute Gasteiger partial charge is 0.526 e. The Labute approximate surface area is 216 Å². The molecule has 1 aromatic heterocycles. The largest absolute Gasteiger partial charge is 0.535 e. The standard InChI is InChI=1S/C24H33BN4O8/c1-6-36-24(2,3)23(32)35-15-34-22(31)20-9-7-8-16-10-17(25(33)37-21(16)20)11-19(30)14-29-13-18(26-27-29)12-28(4)5/h7-9,13,17,33H,6,10-12,14-15H2,1-5H3/t17-/m1/s1. The van der Waals surface area contributed by atoms with E-state index in [2.05, 4.69) is 10.3 Å². The van der Waals surface area contributed by atoms with E-state index >= 15 is 0 Å². The van der Waals surface area contributed by atoms with Gasteiger partial charge in [0.15, 0.2) is 11.4 Å². The number of esters is 2. The fourth-order valence-electron chi connectivity index (χ4n) is 3.98. The van der Waals surface area contributed by atoms with Crippen LogP contribution in [0.4, 0.5) is 0 Å². The molecule has 1 aliphatic rings. The van der Waals surface area contributed by atoms with Crippen LogP contribution in [0.1, 0.15) is 48.8 Å². The molecule has 37 heavy (non-hydrogen) atoms. The molecular weight excluding hydrogens is 483 g/mol. The van der Waals surface area contributed by atoms with Crippen molar-refractivity contribution in [3.8, 4) is 5.75 Å². The summed E-state index contributed by atoms with van der Waals surface area (Å²) < 4.78 is 22.5. The number of hydrogen-bond donors (Lipinski definition) is 1. The van der Waals surface area contributed by atoms with Gasteiger partial charge >= 0.3 is 19.1 Å². The van der Waals surface area contributed by atoms with E-state index in [-0.39, 0.29) is 30.1 Å². The summed E-state index contributed by atoms with van der Waals surface area (Å²) in [5.41, 5.74) is 0.313. The fourth-order valence-corrected chi connectivity index (χ4v) is 3.98. The molecule has 13 heteroatoms. The van der Waals surface area contributed by atoms with Gasteiger partial charge < -0.3 is 28.8 Å². The molecule has 0 radical (unpaired) electrons. The van der Waals surface area contributed by atoms with Gasteiger partial charge in [0, 0.05) is 25.4 Å². The number of rotatable bonds is 12. The minimum absolute atomic E-state index is 0.0295. The molecule has 2 heterocycles. The molecule has 0 bridgehead atoms. The Morgan fingerprint density at radius 3 is 2.73 bits per heavy atom. The van der Waals surface area contributed by atoms with Gasteiger partial charge in [-0.2, -0.15) is 0 Å². The molecule has 2 aromatic rings. The second-order valence-corrected chi connectivity index (χ2v) is 9.58. The van der Waals surface area contributed by atoms with Crippen LogP contribution in [0.15, 0.2) is 24.4 Å². The van der Waals surface area contributed by atoms with Crippen LogP contribution in [-0.4, -0.2) is 82.9 Å². The third-order valence-electron chi connectivity index (χ3n) is 5.71. The van der Waals surface area contributed by atoms with E-state index in [9.17, 15) is 19.4 Å². The van der Waals surface area contributed by atoms with E-state index in [0.717, 1.165) is 5.69 Å². The van der Waals surface area contributed by atoms with Gasteiger partial charge in [0.05, 0.1) is 11.9 Å². The summed E-state index contributed by atoms with van der Waals surface area (Å²) in [6.45, 7) is 5.22. The normalized spacial score (nSPS) is 15.2. The van der Waals surface area contributed by atoms with Crippen LogP contribution in [0.5, 0.6) is 5.75 Å². The first kappa shape index (κ1) is 28.3. The Hall–Kier alpha value is -3.29. The van der Waals surface area contributed by atoms with Crippen LogP contribution in [-0.2, 0) is 43.3 Å². The molecular formula is C24H33BN4O8. The number of carbonyl (C=O) groups is 3. The van der Waals surface area contributed by atoms with Crippen LogP contribution >= 0.6 is 0 Å². The molecule has 12 nitrogen and oxygen atoms in total. The highest BCUT2D eigenvalue weighted by Gasteiger charge is 2.38. The van der Waals surface area contributed by atoms with E-state index in [0.29, 0.717) is 25.1 Å². The van der Waals surface area contributed by atoms with Crippen molar-refractivity contribution in [3.05, 3.63) is 41.2 Å². The summed E-state index contributed by atoms with van der Waals surface area (Å²) in [6.07, 6.45) is 2.10. The first-order valence-electron chi connectivity index (χ1n) is 12.0. The number of benzene rings is 1. The molecule has 0 saturated heterocycles. The van der Waals surface area contributed by atoms with Crippen molar-refractivity contribution in [1.82, 2.24) is 19.9 Å². The van der Waals surface area contributed by atoms with Gasteiger partial charge in [-0.05, 0) is 52.9 Å². The average molecular weight is 516 g/mol. The lowest BCUT2D eigenvalue weighted by atomic mass is 9.64. The minimum Gasteiger partial charge on any atom is -0.535 e. The number of ketones is 1. The third-order valence-corrected chi connectivity index (χ3v) is 5.71. The molecule has 1 atom stereocenters. The lowest BCUT2D eigenvalue weighted by Gasteiger charge is -2.28. The van der Waals surface area contributed by atoms with Crippen LogP contribution in [0, 0.1) is 0 Å². The molecule has 0 aliphatic carbocycles. The number of nitrogens with zero attached hydrogens (tertiary/aromatic N) is 4. The zero-order valence-electron chi connectivity index (χ0n) is 21.8. The van der Waals surface area contributed by atoms with Crippen molar-refractivity contribution < 1.29 is 38.3 Å². The van der Waals surface area contributed by atoms with Gasteiger partial charge in [-0.15, -0.1) is 5.10 Å². The van der Waals surface area contributed by atoms with Crippen LogP contribution < -0.4 is 4.65 Å². The highest BCUT2D eigenvalue weighted by molar-refractivity contribution is 6.47. The second kappa shape index (κ2) is 12.3. The molecule has 0 fully saturated rings. The van der Waals surface area contributed by atoms with Crippen molar-refractivity contribution in [2.75, 3.05) is 27.5 Å². The number of hydrogen-bond acceptors (Lipinski definition) is 11. The fraction of sp³-hybridized carbons (Fsp3) is 0.542. The zero-order valence-corrected chi connectivity index (χ0v) is 21.8. The van der Waals surface area contributed by atoms with E-state index in [1.807, 2.05) is 19.0 Å². The topological polar surface area (TPSA) is 142 Å². The summed E-state index contributed by atoms with van der Waals surface area (Å²) in [4.78, 5) is 39.3. The quantitative estimate of drug-likeness (QED) is 0.247. The highest BCUT2D eigenvalue weighted by atomic mass is 16.7. The number of aromatic nitrogens is 3. The van der Waals surface area contributed by atoms with Crippen molar-refractivity contribution >= 4 is 24.8 Å². The summed E-state index contributed by atoms with van der Waals surface area (Å²) in [5.74, 6) is -1.91. The highest BCUT2D eigenvalue weighted by Crippen LogP contribution is 2.36. The van der Waals surface area contributed by atoms with Gasteiger partial charge in [0.25, 0.3) is 0 Å². The maximum absolute atomic E-state index is 12.6. The van der Waals surface area contributed by atoms with Gasteiger partial charge in [0.2, 0.25) is 6.79 Å². The van der Waals surface area contributed by atoms with Gasteiger partial charge in [-0.25, -0.2) is 14.3 Å². The lowest BCUT2D eigenvalue weighted by molar-refractivity contribution is -0.175. The third kappa shape index (κ3) is 7.60. The predicted octanol–water partition coefficient (Wildman–Crippen LogP) is 1.26. The van der Waals surface area contributed by atoms with Crippen molar-refractivity contribution in [2.45, 2.75) is 58.1 Å². The Morgan fingerprint density at radius 2 is 2.03 bits per heavy atom. The molecule has 1 aliphatic heterocycles. The van der Waals surface area contributed by atoms with Crippen molar-refractivity contribution in [3.63, 3.8) is 0 Å². The van der Waals surface area contributed by atoms with Crippen molar-refractivity contribution in [1.29, 1.82) is 0 Å². The van der Waals surface area contributed by atoms with E-state index < -0.39 is 37.3 Å². The molecule has 1 aromatic carbocycles. The molecule has 0 saturated carbocycles. The van der Waals surface area contributed by atoms with Gasteiger partial charge in [-0.1, -0.05) is 17.3 Å². The Kier molecular flexibility index (Phi) is 9.41. The Morgan fingerprint density at radius 1 is 1.27 bits per heavy atom. The Bertz CT molecular complexity index is 1120. The number of carbonyl (C=O) groups excluding carboxylic acids is 3. The number of Topliss-reactive ketones (excluding diaryl/α,β-unsaturated/α-hetero) is 1. The minimum atomic E-state index is -1.30. The second-order valence-electron chi connectivity index (χ2n) is 9.58. The maximum atomic E-state index is 12.6. The summed E-state index contributed by atoms with van der Waals surface area (Å²) in [6, 6.07) is 4.90. The number of para-hydroxylation sites is 1. The molecule has 0 amide bonds. The molecule has 1 N–H and O–H groups in total. The van der Waals surface area contributed by atoms with E-state index in [4.69, 9.17) is 18.9 Å². The number of ether oxygens (including phenoxy) is 3. The first-order valence-corrected chi connectivity index (χ1v) is 12.0. The monoisotopic (exact) mass is 516 g/mol. The lowest BCUT2D eigenvalue weighted by Crippen LogP contribution is -2.37. The Balaban J connectivity index is 1.57. The summed E-state index contributed by atoms with van der Waals surface area (Å²) in [5, 5.41) is 18.6. The summed E-state index contributed by atoms with van der Waals surface area (Å²) in [7, 11) is 2.53. The number of fused-ring (bicyclic) bond motifs is 1. The van der Waals surface area contributed by atoms with Crippen LogP contribution in [0.2, 0.25) is 5.82 Å². The molecule has 200 valence electrons. The SMILES string of the molecule is CCOC(C)(C)C(=O)OCOC(=O)c1cccc2c1OB(O)[C@@H](CC(=O)Cn1cc(CN(C)C)nn1)C2. The summed E-state index contributed by atoms with van der Waals surface area (Å²) >= 11 is 0. The van der Waals surface area contributed by atoms with E-state index in [1.54, 1.807) is 39.1 Å². The van der Waals surface area contributed by atoms with Gasteiger partial charge in [0.1, 0.15) is 17.9 Å². The van der Waals surface area contributed by atoms with Crippen molar-refractivity contribution in [2.24, 2.45) is 0 Å². The van der Waals surface area contributed by atoms with Crippen LogP contribution in [0.25, 0.3) is 0 Å². The first-order chi connectivity index (χ1) is 17.5. The van der Waals surface area contributed by atoms with Crippen LogP contribution in [0.3, 0.4) is 0 Å². The zero-order chi connectivity index (χ0) is 27.2. The molecule has 0 unspecified atom stereocenters. The average Bonchev–Trinajstić information content (AvgIpc) is 3.24. The maximum Gasteiger partial charge on any atom is 0.526 e.